The van der Waals surface area contributed by atoms with E-state index in [0.29, 0.717) is 5.69 Å². The highest BCUT2D eigenvalue weighted by Crippen LogP contribution is 2.37. The van der Waals surface area contributed by atoms with E-state index < -0.39 is 5.91 Å². The monoisotopic (exact) mass is 392 g/mol. The highest BCUT2D eigenvalue weighted by atomic mass is 32.1. The quantitative estimate of drug-likeness (QED) is 0.411. The Balaban J connectivity index is 1.42. The van der Waals surface area contributed by atoms with Crippen molar-refractivity contribution in [3.63, 3.8) is 0 Å². The van der Waals surface area contributed by atoms with Crippen molar-refractivity contribution < 1.29 is 18.8 Å². The van der Waals surface area contributed by atoms with E-state index in [1.54, 1.807) is 0 Å². The molecular formula is C18H21FN4O3S. The lowest BCUT2D eigenvalue weighted by Gasteiger charge is -2.19. The molecule has 3 N–H and O–H groups in total. The third-order valence-electron chi connectivity index (χ3n) is 4.91. The molecule has 1 aromatic rings. The van der Waals surface area contributed by atoms with Crippen LogP contribution in [0, 0.1) is 17.7 Å². The zero-order valence-corrected chi connectivity index (χ0v) is 15.5. The first-order chi connectivity index (χ1) is 13.0. The number of nitrogens with zero attached hydrogens (tertiary/aromatic N) is 1. The van der Waals surface area contributed by atoms with Crippen molar-refractivity contribution in [3.05, 3.63) is 30.1 Å². The molecule has 9 heteroatoms. The van der Waals surface area contributed by atoms with Crippen molar-refractivity contribution in [1.29, 1.82) is 0 Å². The first-order valence-corrected chi connectivity index (χ1v) is 9.33. The third-order valence-corrected chi connectivity index (χ3v) is 5.12. The zero-order chi connectivity index (χ0) is 19.4. The van der Waals surface area contributed by atoms with Gasteiger partial charge < -0.3 is 5.32 Å². The van der Waals surface area contributed by atoms with Crippen molar-refractivity contribution in [1.82, 2.24) is 15.8 Å². The molecule has 1 aromatic carbocycles. The van der Waals surface area contributed by atoms with Crippen molar-refractivity contribution in [2.45, 2.75) is 32.1 Å². The van der Waals surface area contributed by atoms with E-state index in [2.05, 4.69) is 16.2 Å². The Morgan fingerprint density at radius 1 is 1.07 bits per heavy atom. The summed E-state index contributed by atoms with van der Waals surface area (Å²) in [5.41, 5.74) is 5.51. The molecule has 0 unspecified atom stereocenters. The van der Waals surface area contributed by atoms with E-state index in [1.807, 2.05) is 0 Å². The van der Waals surface area contributed by atoms with Crippen molar-refractivity contribution in [2.75, 3.05) is 11.9 Å². The lowest BCUT2D eigenvalue weighted by atomic mass is 9.81. The second-order valence-corrected chi connectivity index (χ2v) is 7.12. The molecule has 7 nitrogen and oxygen atoms in total. The zero-order valence-electron chi connectivity index (χ0n) is 14.7. The van der Waals surface area contributed by atoms with Gasteiger partial charge in [0.1, 0.15) is 5.82 Å². The summed E-state index contributed by atoms with van der Waals surface area (Å²) in [6.45, 7) is 0.0658. The minimum atomic E-state index is -0.395. The Bertz CT molecular complexity index is 731. The van der Waals surface area contributed by atoms with Crippen LogP contribution >= 0.6 is 12.2 Å². The fourth-order valence-corrected chi connectivity index (χ4v) is 3.72. The lowest BCUT2D eigenvalue weighted by Crippen LogP contribution is -2.45. The molecule has 1 aliphatic carbocycles. The Morgan fingerprint density at radius 3 is 2.26 bits per heavy atom. The van der Waals surface area contributed by atoms with Gasteiger partial charge in [-0.1, -0.05) is 12.8 Å². The lowest BCUT2D eigenvalue weighted by molar-refractivity contribution is -0.140. The summed E-state index contributed by atoms with van der Waals surface area (Å²) in [6, 6.07) is 5.58. The molecule has 3 rings (SSSR count). The molecule has 1 saturated heterocycles. The van der Waals surface area contributed by atoms with Crippen LogP contribution in [-0.2, 0) is 14.4 Å². The van der Waals surface area contributed by atoms with Crippen LogP contribution in [0.5, 0.6) is 0 Å². The fourth-order valence-electron chi connectivity index (χ4n) is 3.55. The largest absolute Gasteiger partial charge is 0.331 e. The third kappa shape index (κ3) is 4.60. The van der Waals surface area contributed by atoms with E-state index >= 15 is 0 Å². The number of imide groups is 1. The number of rotatable bonds is 4. The molecule has 1 saturated carbocycles. The van der Waals surface area contributed by atoms with Crippen LogP contribution in [0.1, 0.15) is 32.1 Å². The first-order valence-electron chi connectivity index (χ1n) is 8.92. The minimum absolute atomic E-state index is 0.0108. The van der Waals surface area contributed by atoms with Gasteiger partial charge in [0.25, 0.3) is 0 Å². The summed E-state index contributed by atoms with van der Waals surface area (Å²) < 4.78 is 12.9. The van der Waals surface area contributed by atoms with Crippen LogP contribution in [0.2, 0.25) is 0 Å². The SMILES string of the molecule is O=C(CCN1C(=O)[C@H]2CCCC[C@@H]2C1=O)NNC(=S)Nc1ccc(F)cc1. The van der Waals surface area contributed by atoms with E-state index in [1.165, 1.54) is 29.2 Å². The van der Waals surface area contributed by atoms with Gasteiger partial charge in [-0.05, 0) is 49.3 Å². The highest BCUT2D eigenvalue weighted by Gasteiger charge is 2.47. The Hall–Kier alpha value is -2.55. The Kier molecular flexibility index (Phi) is 6.00. The van der Waals surface area contributed by atoms with Gasteiger partial charge in [-0.15, -0.1) is 0 Å². The molecule has 0 bridgehead atoms. The van der Waals surface area contributed by atoms with Gasteiger partial charge in [-0.25, -0.2) is 4.39 Å². The number of amides is 3. The van der Waals surface area contributed by atoms with E-state index in [-0.39, 0.29) is 47.5 Å². The van der Waals surface area contributed by atoms with Gasteiger partial charge in [0.2, 0.25) is 17.7 Å². The van der Waals surface area contributed by atoms with Gasteiger partial charge >= 0.3 is 0 Å². The summed E-state index contributed by atoms with van der Waals surface area (Å²) >= 11 is 5.04. The van der Waals surface area contributed by atoms with E-state index in [0.717, 1.165) is 25.7 Å². The summed E-state index contributed by atoms with van der Waals surface area (Å²) in [5.74, 6) is -1.48. The normalized spacial score (nSPS) is 21.6. The van der Waals surface area contributed by atoms with Crippen LogP contribution in [-0.4, -0.2) is 34.3 Å². The standard InChI is InChI=1S/C18H21FN4O3S/c19-11-5-7-12(8-6-11)20-18(27)22-21-15(24)9-10-23-16(25)13-3-1-2-4-14(13)17(23)26/h5-8,13-14H,1-4,9-10H2,(H,21,24)(H2,20,22,27)/t13-,14-/m0/s1. The molecule has 1 aliphatic heterocycles. The topological polar surface area (TPSA) is 90.5 Å². The number of halogens is 1. The molecule has 0 radical (unpaired) electrons. The summed E-state index contributed by atoms with van der Waals surface area (Å²) in [6.07, 6.45) is 3.43. The molecule has 27 heavy (non-hydrogen) atoms. The van der Waals surface area contributed by atoms with Crippen LogP contribution in [0.4, 0.5) is 10.1 Å². The molecule has 1 heterocycles. The predicted octanol–water partition coefficient (Wildman–Crippen LogP) is 1.71. The summed E-state index contributed by atoms with van der Waals surface area (Å²) in [4.78, 5) is 37.9. The molecule has 2 aliphatic rings. The number of likely N-dealkylation sites (tertiary alicyclic amines) is 1. The van der Waals surface area contributed by atoms with Crippen molar-refractivity contribution in [3.8, 4) is 0 Å². The molecule has 0 aromatic heterocycles. The average Bonchev–Trinajstić information content (AvgIpc) is 2.91. The molecule has 0 spiro atoms. The predicted molar refractivity (Wildman–Crippen MR) is 101 cm³/mol. The first kappa shape index (κ1) is 19.2. The fraction of sp³-hybridized carbons (Fsp3) is 0.444. The number of benzene rings is 1. The molecule has 144 valence electrons. The van der Waals surface area contributed by atoms with Gasteiger partial charge in [0.15, 0.2) is 5.11 Å². The number of carbonyl (C=O) groups excluding carboxylic acids is 3. The number of hydrogen-bond donors (Lipinski definition) is 3. The van der Waals surface area contributed by atoms with Crippen LogP contribution in [0.15, 0.2) is 24.3 Å². The van der Waals surface area contributed by atoms with Crippen LogP contribution < -0.4 is 16.2 Å². The highest BCUT2D eigenvalue weighted by molar-refractivity contribution is 7.80. The molecule has 2 atom stereocenters. The number of anilines is 1. The maximum Gasteiger partial charge on any atom is 0.240 e. The molecular weight excluding hydrogens is 371 g/mol. The number of carbonyl (C=O) groups is 3. The van der Waals surface area contributed by atoms with Gasteiger partial charge in [-0.3, -0.25) is 30.1 Å². The van der Waals surface area contributed by atoms with Gasteiger partial charge in [0.05, 0.1) is 11.8 Å². The molecule has 2 fully saturated rings. The smallest absolute Gasteiger partial charge is 0.240 e. The van der Waals surface area contributed by atoms with Gasteiger partial charge in [-0.2, -0.15) is 0 Å². The van der Waals surface area contributed by atoms with Crippen molar-refractivity contribution >= 4 is 40.7 Å². The summed E-state index contributed by atoms with van der Waals surface area (Å²) in [5, 5.41) is 2.92. The average molecular weight is 392 g/mol. The minimum Gasteiger partial charge on any atom is -0.331 e. The van der Waals surface area contributed by atoms with Crippen LogP contribution in [0.3, 0.4) is 0 Å². The number of fused-ring (bicyclic) bond motifs is 1. The molecule has 3 amide bonds. The van der Waals surface area contributed by atoms with E-state index in [9.17, 15) is 18.8 Å². The number of hydrazine groups is 1. The maximum atomic E-state index is 12.9. The maximum absolute atomic E-state index is 12.9. The second-order valence-electron chi connectivity index (χ2n) is 6.71. The summed E-state index contributed by atoms with van der Waals surface area (Å²) in [7, 11) is 0. The number of hydrogen-bond acceptors (Lipinski definition) is 4. The van der Waals surface area contributed by atoms with Crippen LogP contribution in [0.25, 0.3) is 0 Å². The Labute approximate surface area is 161 Å². The Morgan fingerprint density at radius 2 is 1.67 bits per heavy atom. The number of nitrogens with one attached hydrogen (secondary N) is 3. The number of thiocarbonyl (C=S) groups is 1. The van der Waals surface area contributed by atoms with E-state index in [4.69, 9.17) is 12.2 Å². The van der Waals surface area contributed by atoms with Gasteiger partial charge in [0, 0.05) is 18.7 Å². The second kappa shape index (κ2) is 8.43. The van der Waals surface area contributed by atoms with Crippen molar-refractivity contribution in [2.24, 2.45) is 11.8 Å².